The van der Waals surface area contributed by atoms with Gasteiger partial charge in [-0.25, -0.2) is 8.37 Å². The molecule has 0 amide bonds. The van der Waals surface area contributed by atoms with Crippen molar-refractivity contribution in [3.8, 4) is 0 Å². The maximum Gasteiger partial charge on any atom is 0.397 e. The summed E-state index contributed by atoms with van der Waals surface area (Å²) in [4.78, 5) is 12.6. The minimum absolute atomic E-state index is 0.0525. The Morgan fingerprint density at radius 1 is 0.976 bits per heavy atom. The number of ketones is 1. The Morgan fingerprint density at radius 2 is 1.64 bits per heavy atom. The van der Waals surface area contributed by atoms with Crippen LogP contribution in [0.2, 0.25) is 0 Å². The highest BCUT2D eigenvalue weighted by atomic mass is 32.3. The van der Waals surface area contributed by atoms with Crippen molar-refractivity contribution < 1.29 is 58.8 Å². The SMILES string of the molecule is CC(=O)[C@H]1CC[C@H]2[C@@H]3C[C@H](O[C@H]4O[C@@H](C)[C@H](OS(=O)(=O)O)[C@@H](O)[C@@H]4O)[C@H]4C[C@@H](OS(=O)(=O)O)CC[C@]4(C)C3=CC[C@]12C. The smallest absolute Gasteiger partial charge is 0.387 e. The van der Waals surface area contributed by atoms with Crippen LogP contribution in [-0.2, 0) is 43.4 Å². The van der Waals surface area contributed by atoms with Gasteiger partial charge in [0, 0.05) is 5.92 Å². The fourth-order valence-corrected chi connectivity index (χ4v) is 10.2. The van der Waals surface area contributed by atoms with Crippen molar-refractivity contribution in [3.63, 3.8) is 0 Å². The first-order chi connectivity index (χ1) is 19.3. The predicted octanol–water partition coefficient (Wildman–Crippen LogP) is 1.99. The Labute approximate surface area is 246 Å². The summed E-state index contributed by atoms with van der Waals surface area (Å²) in [6.45, 7) is 7.34. The summed E-state index contributed by atoms with van der Waals surface area (Å²) < 4.78 is 85.9. The highest BCUT2D eigenvalue weighted by molar-refractivity contribution is 7.81. The molecule has 1 saturated heterocycles. The number of allylic oxidation sites excluding steroid dienone is 2. The first-order valence-electron chi connectivity index (χ1n) is 14.5. The zero-order valence-electron chi connectivity index (χ0n) is 24.2. The van der Waals surface area contributed by atoms with Crippen molar-refractivity contribution in [2.75, 3.05) is 0 Å². The van der Waals surface area contributed by atoms with Crippen LogP contribution in [0.1, 0.15) is 72.6 Å². The van der Waals surface area contributed by atoms with Gasteiger partial charge in [0.25, 0.3) is 0 Å². The molecular weight excluding hydrogens is 596 g/mol. The van der Waals surface area contributed by atoms with Crippen LogP contribution in [0, 0.1) is 34.5 Å². The van der Waals surface area contributed by atoms with Gasteiger partial charge in [0.05, 0.1) is 18.3 Å². The van der Waals surface area contributed by atoms with E-state index in [2.05, 4.69) is 24.1 Å². The average Bonchev–Trinajstić information content (AvgIpc) is 3.22. The van der Waals surface area contributed by atoms with Gasteiger partial charge in [-0.15, -0.1) is 0 Å². The van der Waals surface area contributed by atoms with Gasteiger partial charge in [0.1, 0.15) is 24.1 Å². The topological polar surface area (TPSA) is 203 Å². The van der Waals surface area contributed by atoms with E-state index < -0.39 is 69.1 Å². The molecule has 0 unspecified atom stereocenters. The van der Waals surface area contributed by atoms with E-state index >= 15 is 0 Å². The number of hydrogen-bond acceptors (Lipinski definition) is 11. The number of Topliss-reactive ketones (excluding diaryl/α,β-unsaturated/α-hetero) is 1. The van der Waals surface area contributed by atoms with E-state index in [0.717, 1.165) is 19.3 Å². The monoisotopic (exact) mass is 638 g/mol. The second-order valence-electron chi connectivity index (χ2n) is 13.4. The van der Waals surface area contributed by atoms with E-state index in [4.69, 9.17) is 18.2 Å². The number of hydrogen-bond donors (Lipinski definition) is 4. The summed E-state index contributed by atoms with van der Waals surface area (Å²) in [5.41, 5.74) is 0.595. The second-order valence-corrected chi connectivity index (χ2v) is 15.5. The third kappa shape index (κ3) is 5.86. The van der Waals surface area contributed by atoms with Gasteiger partial charge in [-0.05, 0) is 87.4 Å². The third-order valence-corrected chi connectivity index (χ3v) is 12.0. The maximum atomic E-state index is 12.6. The molecule has 240 valence electrons. The molecule has 0 radical (unpaired) electrons. The average molecular weight is 639 g/mol. The van der Waals surface area contributed by atoms with Crippen LogP contribution in [0.15, 0.2) is 11.6 Å². The molecule has 0 spiro atoms. The Kier molecular flexibility index (Phi) is 8.56. The van der Waals surface area contributed by atoms with Crippen LogP contribution in [0.5, 0.6) is 0 Å². The van der Waals surface area contributed by atoms with Crippen LogP contribution in [-0.4, -0.2) is 84.9 Å². The van der Waals surface area contributed by atoms with E-state index in [1.165, 1.54) is 12.5 Å². The van der Waals surface area contributed by atoms with Gasteiger partial charge in [-0.1, -0.05) is 25.5 Å². The molecule has 0 aromatic heterocycles. The summed E-state index contributed by atoms with van der Waals surface area (Å²) in [6.07, 6.45) is -2.61. The number of ether oxygens (including phenoxy) is 2. The van der Waals surface area contributed by atoms with Gasteiger partial charge in [0.2, 0.25) is 0 Å². The third-order valence-electron chi connectivity index (χ3n) is 11.0. The van der Waals surface area contributed by atoms with Crippen molar-refractivity contribution in [1.29, 1.82) is 0 Å². The lowest BCUT2D eigenvalue weighted by Crippen LogP contribution is -2.61. The van der Waals surface area contributed by atoms with Gasteiger partial charge in [-0.2, -0.15) is 16.8 Å². The van der Waals surface area contributed by atoms with Crippen LogP contribution < -0.4 is 0 Å². The fourth-order valence-electron chi connectivity index (χ4n) is 9.15. The molecule has 15 heteroatoms. The van der Waals surface area contributed by atoms with Crippen molar-refractivity contribution in [2.45, 2.75) is 116 Å². The Balaban J connectivity index is 1.46. The first-order valence-corrected chi connectivity index (χ1v) is 17.3. The van der Waals surface area contributed by atoms with Crippen molar-refractivity contribution in [3.05, 3.63) is 11.6 Å². The molecule has 5 aliphatic rings. The predicted molar refractivity (Wildman–Crippen MR) is 145 cm³/mol. The normalized spacial score (nSPS) is 47.6. The van der Waals surface area contributed by atoms with Crippen LogP contribution in [0.3, 0.4) is 0 Å². The molecule has 3 saturated carbocycles. The van der Waals surface area contributed by atoms with E-state index in [1.807, 2.05) is 0 Å². The first kappa shape index (κ1) is 32.4. The lowest BCUT2D eigenvalue weighted by Gasteiger charge is -2.59. The molecule has 5 rings (SSSR count). The molecule has 13 nitrogen and oxygen atoms in total. The minimum atomic E-state index is -4.95. The molecule has 42 heavy (non-hydrogen) atoms. The van der Waals surface area contributed by atoms with Gasteiger partial charge in [-0.3, -0.25) is 13.9 Å². The fraction of sp³-hybridized carbons (Fsp3) is 0.889. The number of aliphatic hydroxyl groups excluding tert-OH is 2. The molecule has 1 aliphatic heterocycles. The minimum Gasteiger partial charge on any atom is -0.387 e. The molecule has 1 heterocycles. The Bertz CT molecular complexity index is 1310. The molecule has 13 atom stereocenters. The van der Waals surface area contributed by atoms with Crippen LogP contribution in [0.4, 0.5) is 0 Å². The molecule has 0 aromatic carbocycles. The number of fused-ring (bicyclic) bond motifs is 5. The Morgan fingerprint density at radius 3 is 2.26 bits per heavy atom. The molecule has 4 aliphatic carbocycles. The highest BCUT2D eigenvalue weighted by Gasteiger charge is 2.61. The molecule has 0 bridgehead atoms. The zero-order valence-corrected chi connectivity index (χ0v) is 25.8. The van der Waals surface area contributed by atoms with Crippen molar-refractivity contribution in [1.82, 2.24) is 0 Å². The summed E-state index contributed by atoms with van der Waals surface area (Å²) in [7, 11) is -9.64. The standard InChI is InChI=1S/C27H42O13S2/c1-13(28)17-5-6-18-16-12-21(38-25-23(30)22(29)24(14(2)37-25)40-42(34,35)36)20-11-15(39-41(31,32)33)7-9-27(20,4)19(16)8-10-26(17,18)3/h8,14-18,20-25,29-30H,5-7,9-12H2,1-4H3,(H,31,32,33)(H,34,35,36)/t14-,15-,16-,17+,18-,20+,21-,22-,23-,24-,25+,26+,27+/m0/s1. The van der Waals surface area contributed by atoms with Gasteiger partial charge >= 0.3 is 20.8 Å². The van der Waals surface area contributed by atoms with E-state index in [9.17, 15) is 36.4 Å². The Hall–Kier alpha value is -1.01. The zero-order chi connectivity index (χ0) is 31.0. The molecule has 0 aromatic rings. The van der Waals surface area contributed by atoms with E-state index in [-0.39, 0.29) is 41.3 Å². The molecule has 4 fully saturated rings. The van der Waals surface area contributed by atoms with E-state index in [0.29, 0.717) is 19.3 Å². The number of carbonyl (C=O) groups is 1. The molecular formula is C27H42O13S2. The number of carbonyl (C=O) groups excluding carboxylic acids is 1. The quantitative estimate of drug-likeness (QED) is 0.233. The summed E-state index contributed by atoms with van der Waals surface area (Å²) in [5, 5.41) is 21.6. The molecule has 4 N–H and O–H groups in total. The number of rotatable bonds is 7. The maximum absolute atomic E-state index is 12.6. The van der Waals surface area contributed by atoms with Crippen molar-refractivity contribution in [2.24, 2.45) is 34.5 Å². The lowest BCUT2D eigenvalue weighted by molar-refractivity contribution is -0.312. The van der Waals surface area contributed by atoms with E-state index in [1.54, 1.807) is 6.92 Å². The van der Waals surface area contributed by atoms with Crippen molar-refractivity contribution >= 4 is 26.6 Å². The van der Waals surface area contributed by atoms with Gasteiger partial charge < -0.3 is 19.7 Å². The second kappa shape index (κ2) is 11.1. The largest absolute Gasteiger partial charge is 0.397 e. The summed E-state index contributed by atoms with van der Waals surface area (Å²) in [5.74, 6) is 0.0671. The summed E-state index contributed by atoms with van der Waals surface area (Å²) >= 11 is 0. The van der Waals surface area contributed by atoms with Gasteiger partial charge in [0.15, 0.2) is 6.29 Å². The lowest BCUT2D eigenvalue weighted by atomic mass is 9.48. The summed E-state index contributed by atoms with van der Waals surface area (Å²) in [6, 6.07) is 0. The number of aliphatic hydroxyl groups is 2. The van der Waals surface area contributed by atoms with Crippen LogP contribution in [0.25, 0.3) is 0 Å². The highest BCUT2D eigenvalue weighted by Crippen LogP contribution is 2.66. The van der Waals surface area contributed by atoms with Crippen LogP contribution >= 0.6 is 0 Å².